The van der Waals surface area contributed by atoms with Crippen molar-refractivity contribution in [1.29, 1.82) is 0 Å². The van der Waals surface area contributed by atoms with Crippen LogP contribution in [0.25, 0.3) is 33.3 Å². The summed E-state index contributed by atoms with van der Waals surface area (Å²) in [6, 6.07) is 12.3. The number of aliphatic hydroxyl groups excluding tert-OH is 1. The van der Waals surface area contributed by atoms with Crippen molar-refractivity contribution in [1.82, 2.24) is 19.7 Å². The SMILES string of the molecule is OCCn1cc(-c2ccc3cc[nH]c3c2)c(-c2ccncc2)n1. The first-order valence-electron chi connectivity index (χ1n) is 7.51. The second kappa shape index (κ2) is 5.70. The molecule has 0 atom stereocenters. The van der Waals surface area contributed by atoms with Crippen LogP contribution in [0.2, 0.25) is 0 Å². The molecule has 0 bridgehead atoms. The smallest absolute Gasteiger partial charge is 0.100 e. The Morgan fingerprint density at radius 2 is 1.91 bits per heavy atom. The molecule has 114 valence electrons. The van der Waals surface area contributed by atoms with Crippen molar-refractivity contribution in [3.8, 4) is 22.4 Å². The minimum Gasteiger partial charge on any atom is -0.394 e. The number of nitrogens with one attached hydrogen (secondary N) is 1. The summed E-state index contributed by atoms with van der Waals surface area (Å²) in [5.41, 5.74) is 5.14. The summed E-state index contributed by atoms with van der Waals surface area (Å²) in [6.07, 6.45) is 7.44. The lowest BCUT2D eigenvalue weighted by molar-refractivity contribution is 0.269. The predicted octanol–water partition coefficient (Wildman–Crippen LogP) is 3.09. The number of fused-ring (bicyclic) bond motifs is 1. The van der Waals surface area contributed by atoms with Crippen molar-refractivity contribution in [2.75, 3.05) is 6.61 Å². The van der Waals surface area contributed by atoms with Crippen molar-refractivity contribution in [2.45, 2.75) is 6.54 Å². The van der Waals surface area contributed by atoms with E-state index in [0.717, 1.165) is 27.9 Å². The van der Waals surface area contributed by atoms with Gasteiger partial charge in [-0.25, -0.2) is 0 Å². The average Bonchev–Trinajstić information content (AvgIpc) is 3.22. The molecule has 0 saturated heterocycles. The Hall–Kier alpha value is -2.92. The fraction of sp³-hybridized carbons (Fsp3) is 0.111. The fourth-order valence-electron chi connectivity index (χ4n) is 2.79. The number of nitrogens with zero attached hydrogens (tertiary/aromatic N) is 3. The molecule has 4 rings (SSSR count). The van der Waals surface area contributed by atoms with Crippen LogP contribution in [0.4, 0.5) is 0 Å². The summed E-state index contributed by atoms with van der Waals surface area (Å²) in [5.74, 6) is 0. The van der Waals surface area contributed by atoms with Gasteiger partial charge in [-0.1, -0.05) is 12.1 Å². The molecule has 2 N–H and O–H groups in total. The van der Waals surface area contributed by atoms with E-state index in [1.165, 1.54) is 5.39 Å². The van der Waals surface area contributed by atoms with Gasteiger partial charge in [0.2, 0.25) is 0 Å². The van der Waals surface area contributed by atoms with Gasteiger partial charge in [-0.05, 0) is 35.2 Å². The van der Waals surface area contributed by atoms with Gasteiger partial charge < -0.3 is 10.1 Å². The van der Waals surface area contributed by atoms with Crippen molar-refractivity contribution in [3.63, 3.8) is 0 Å². The van der Waals surface area contributed by atoms with Gasteiger partial charge in [0.1, 0.15) is 5.69 Å². The summed E-state index contributed by atoms with van der Waals surface area (Å²) in [4.78, 5) is 7.31. The number of rotatable bonds is 4. The highest BCUT2D eigenvalue weighted by Gasteiger charge is 2.13. The lowest BCUT2D eigenvalue weighted by atomic mass is 10.0. The highest BCUT2D eigenvalue weighted by Crippen LogP contribution is 2.32. The summed E-state index contributed by atoms with van der Waals surface area (Å²) >= 11 is 0. The van der Waals surface area contributed by atoms with E-state index in [1.807, 2.05) is 24.5 Å². The highest BCUT2D eigenvalue weighted by atomic mass is 16.3. The number of benzene rings is 1. The largest absolute Gasteiger partial charge is 0.394 e. The first-order valence-corrected chi connectivity index (χ1v) is 7.51. The van der Waals surface area contributed by atoms with Crippen LogP contribution in [-0.2, 0) is 6.54 Å². The van der Waals surface area contributed by atoms with E-state index in [1.54, 1.807) is 17.1 Å². The zero-order valence-electron chi connectivity index (χ0n) is 12.5. The standard InChI is InChI=1S/C18H16N4O/c23-10-9-22-12-16(18(21-22)14-3-6-19-7-4-14)15-2-1-13-5-8-20-17(13)11-15/h1-8,11-12,20,23H,9-10H2. The molecule has 4 aromatic rings. The maximum Gasteiger partial charge on any atom is 0.100 e. The average molecular weight is 304 g/mol. The Kier molecular flexibility index (Phi) is 3.40. The number of aliphatic hydroxyl groups is 1. The monoisotopic (exact) mass is 304 g/mol. The van der Waals surface area contributed by atoms with Crippen LogP contribution in [0.3, 0.4) is 0 Å². The molecule has 3 aromatic heterocycles. The number of hydrogen-bond donors (Lipinski definition) is 2. The van der Waals surface area contributed by atoms with Crippen molar-refractivity contribution >= 4 is 10.9 Å². The molecule has 0 amide bonds. The van der Waals surface area contributed by atoms with Gasteiger partial charge in [-0.2, -0.15) is 5.10 Å². The van der Waals surface area contributed by atoms with Crippen LogP contribution in [0.5, 0.6) is 0 Å². The van der Waals surface area contributed by atoms with E-state index in [2.05, 4.69) is 39.3 Å². The molecule has 5 heteroatoms. The summed E-state index contributed by atoms with van der Waals surface area (Å²) < 4.78 is 1.78. The first kappa shape index (κ1) is 13.7. The minimum absolute atomic E-state index is 0.0621. The quantitative estimate of drug-likeness (QED) is 0.609. The Morgan fingerprint density at radius 1 is 1.04 bits per heavy atom. The first-order chi connectivity index (χ1) is 11.3. The Morgan fingerprint density at radius 3 is 2.74 bits per heavy atom. The number of pyridine rings is 1. The van der Waals surface area contributed by atoms with Gasteiger partial charge in [0.05, 0.1) is 13.2 Å². The highest BCUT2D eigenvalue weighted by molar-refractivity contribution is 5.88. The van der Waals surface area contributed by atoms with E-state index in [9.17, 15) is 5.11 Å². The summed E-state index contributed by atoms with van der Waals surface area (Å²) in [7, 11) is 0. The second-order valence-electron chi connectivity index (χ2n) is 5.39. The van der Waals surface area contributed by atoms with Crippen LogP contribution >= 0.6 is 0 Å². The fourth-order valence-corrected chi connectivity index (χ4v) is 2.79. The lowest BCUT2D eigenvalue weighted by Crippen LogP contribution is -2.02. The molecule has 0 aliphatic heterocycles. The van der Waals surface area contributed by atoms with Gasteiger partial charge in [-0.15, -0.1) is 0 Å². The predicted molar refractivity (Wildman–Crippen MR) is 89.8 cm³/mol. The normalized spacial score (nSPS) is 11.2. The molecule has 23 heavy (non-hydrogen) atoms. The Balaban J connectivity index is 1.88. The van der Waals surface area contributed by atoms with Gasteiger partial charge in [0.15, 0.2) is 0 Å². The zero-order chi connectivity index (χ0) is 15.6. The molecule has 3 heterocycles. The lowest BCUT2D eigenvalue weighted by Gasteiger charge is -2.03. The molecule has 0 aliphatic carbocycles. The number of H-pyrrole nitrogens is 1. The van der Waals surface area contributed by atoms with Gasteiger partial charge in [-0.3, -0.25) is 9.67 Å². The van der Waals surface area contributed by atoms with E-state index in [4.69, 9.17) is 0 Å². The van der Waals surface area contributed by atoms with Gasteiger partial charge in [0.25, 0.3) is 0 Å². The molecule has 0 unspecified atom stereocenters. The number of aromatic amines is 1. The van der Waals surface area contributed by atoms with E-state index in [-0.39, 0.29) is 6.61 Å². The molecule has 0 radical (unpaired) electrons. The molecule has 0 spiro atoms. The molecule has 0 aliphatic rings. The molecular weight excluding hydrogens is 288 g/mol. The Bertz CT molecular complexity index is 940. The Labute approximate surface area is 133 Å². The maximum atomic E-state index is 9.20. The van der Waals surface area contributed by atoms with Gasteiger partial charge in [0, 0.05) is 41.4 Å². The number of aromatic nitrogens is 4. The van der Waals surface area contributed by atoms with E-state index in [0.29, 0.717) is 6.54 Å². The van der Waals surface area contributed by atoms with Crippen molar-refractivity contribution in [2.24, 2.45) is 0 Å². The van der Waals surface area contributed by atoms with Gasteiger partial charge >= 0.3 is 0 Å². The third-order valence-corrected chi connectivity index (χ3v) is 3.91. The van der Waals surface area contributed by atoms with Crippen molar-refractivity contribution in [3.05, 3.63) is 61.2 Å². The van der Waals surface area contributed by atoms with Crippen LogP contribution in [0.15, 0.2) is 61.2 Å². The topological polar surface area (TPSA) is 66.7 Å². The molecule has 0 saturated carbocycles. The number of hydrogen-bond acceptors (Lipinski definition) is 3. The van der Waals surface area contributed by atoms with Crippen LogP contribution in [0, 0.1) is 0 Å². The summed E-state index contributed by atoms with van der Waals surface area (Å²) in [6.45, 7) is 0.537. The third kappa shape index (κ3) is 2.51. The molecule has 5 nitrogen and oxygen atoms in total. The van der Waals surface area contributed by atoms with Crippen LogP contribution < -0.4 is 0 Å². The minimum atomic E-state index is 0.0621. The van der Waals surface area contributed by atoms with E-state index < -0.39 is 0 Å². The zero-order valence-corrected chi connectivity index (χ0v) is 12.5. The van der Waals surface area contributed by atoms with E-state index >= 15 is 0 Å². The molecule has 1 aromatic carbocycles. The van der Waals surface area contributed by atoms with Crippen molar-refractivity contribution < 1.29 is 5.11 Å². The summed E-state index contributed by atoms with van der Waals surface area (Å²) in [5, 5.41) is 15.0. The third-order valence-electron chi connectivity index (χ3n) is 3.91. The second-order valence-corrected chi connectivity index (χ2v) is 5.39. The van der Waals surface area contributed by atoms with Crippen LogP contribution in [-0.4, -0.2) is 31.5 Å². The molecule has 0 fully saturated rings. The van der Waals surface area contributed by atoms with Crippen LogP contribution in [0.1, 0.15) is 0 Å². The molecular formula is C18H16N4O. The maximum absolute atomic E-state index is 9.20.